The van der Waals surface area contributed by atoms with E-state index in [9.17, 15) is 4.39 Å². The second kappa shape index (κ2) is 5.24. The molecule has 3 nitrogen and oxygen atoms in total. The molecule has 3 atom stereocenters. The van der Waals surface area contributed by atoms with Crippen LogP contribution in [0.1, 0.15) is 32.4 Å². The molecule has 1 aromatic carbocycles. The first kappa shape index (κ1) is 13.3. The molecule has 1 aromatic rings. The zero-order valence-corrected chi connectivity index (χ0v) is 11.2. The summed E-state index contributed by atoms with van der Waals surface area (Å²) >= 11 is 0. The minimum Gasteiger partial charge on any atom is -0.375 e. The molecule has 2 N–H and O–H groups in total. The van der Waals surface area contributed by atoms with Crippen LogP contribution in [0.3, 0.4) is 0 Å². The van der Waals surface area contributed by atoms with Crippen molar-refractivity contribution in [3.05, 3.63) is 29.6 Å². The van der Waals surface area contributed by atoms with Gasteiger partial charge in [0.1, 0.15) is 5.82 Å². The van der Waals surface area contributed by atoms with Crippen molar-refractivity contribution in [1.82, 2.24) is 0 Å². The molecule has 100 valence electrons. The van der Waals surface area contributed by atoms with Crippen LogP contribution in [0, 0.1) is 5.82 Å². The van der Waals surface area contributed by atoms with Gasteiger partial charge >= 0.3 is 0 Å². The van der Waals surface area contributed by atoms with Crippen LogP contribution in [-0.2, 0) is 4.74 Å². The van der Waals surface area contributed by atoms with Gasteiger partial charge in [0.15, 0.2) is 0 Å². The second-order valence-electron chi connectivity index (χ2n) is 5.14. The Kier molecular flexibility index (Phi) is 3.88. The molecule has 1 saturated heterocycles. The van der Waals surface area contributed by atoms with E-state index < -0.39 is 0 Å². The summed E-state index contributed by atoms with van der Waals surface area (Å²) in [4.78, 5) is 2.26. The Bertz CT molecular complexity index is 422. The summed E-state index contributed by atoms with van der Waals surface area (Å²) in [5.74, 6) is -0.236. The van der Waals surface area contributed by atoms with Crippen molar-refractivity contribution in [1.29, 1.82) is 0 Å². The van der Waals surface area contributed by atoms with Gasteiger partial charge in [-0.25, -0.2) is 4.39 Å². The summed E-state index contributed by atoms with van der Waals surface area (Å²) in [6.45, 7) is 7.55. The lowest BCUT2D eigenvalue weighted by molar-refractivity contribution is 0.0343. The summed E-state index contributed by atoms with van der Waals surface area (Å²) in [5, 5.41) is 0. The quantitative estimate of drug-likeness (QED) is 0.878. The SMILES string of the molecule is CC1CN(c2ccc(F)cc2C(C)N)C(C)CO1. The van der Waals surface area contributed by atoms with E-state index in [1.54, 1.807) is 0 Å². The monoisotopic (exact) mass is 252 g/mol. The van der Waals surface area contributed by atoms with E-state index in [4.69, 9.17) is 10.5 Å². The van der Waals surface area contributed by atoms with Gasteiger partial charge in [0.05, 0.1) is 12.7 Å². The average Bonchev–Trinajstić information content (AvgIpc) is 2.32. The number of benzene rings is 1. The second-order valence-corrected chi connectivity index (χ2v) is 5.14. The molecule has 18 heavy (non-hydrogen) atoms. The van der Waals surface area contributed by atoms with Gasteiger partial charge in [-0.05, 0) is 44.5 Å². The van der Waals surface area contributed by atoms with E-state index in [1.807, 2.05) is 19.9 Å². The van der Waals surface area contributed by atoms with E-state index in [0.717, 1.165) is 17.8 Å². The minimum atomic E-state index is -0.236. The molecule has 1 fully saturated rings. The van der Waals surface area contributed by atoms with Crippen LogP contribution >= 0.6 is 0 Å². The van der Waals surface area contributed by atoms with Crippen molar-refractivity contribution < 1.29 is 9.13 Å². The molecular weight excluding hydrogens is 231 g/mol. The molecule has 0 aromatic heterocycles. The van der Waals surface area contributed by atoms with Crippen molar-refractivity contribution in [2.45, 2.75) is 39.0 Å². The van der Waals surface area contributed by atoms with Crippen LogP contribution in [0.15, 0.2) is 18.2 Å². The largest absolute Gasteiger partial charge is 0.375 e. The average molecular weight is 252 g/mol. The smallest absolute Gasteiger partial charge is 0.123 e. The summed E-state index contributed by atoms with van der Waals surface area (Å²) in [7, 11) is 0. The van der Waals surface area contributed by atoms with Crippen LogP contribution in [-0.4, -0.2) is 25.3 Å². The maximum atomic E-state index is 13.3. The molecule has 2 rings (SSSR count). The Morgan fingerprint density at radius 3 is 2.83 bits per heavy atom. The molecular formula is C14H21FN2O. The van der Waals surface area contributed by atoms with Crippen molar-refractivity contribution in [2.75, 3.05) is 18.1 Å². The normalized spacial score (nSPS) is 26.2. The zero-order chi connectivity index (χ0) is 13.3. The topological polar surface area (TPSA) is 38.5 Å². The molecule has 1 aliphatic rings. The Morgan fingerprint density at radius 1 is 1.44 bits per heavy atom. The van der Waals surface area contributed by atoms with Crippen molar-refractivity contribution in [3.63, 3.8) is 0 Å². The lowest BCUT2D eigenvalue weighted by Gasteiger charge is -2.40. The van der Waals surface area contributed by atoms with Crippen LogP contribution in [0.25, 0.3) is 0 Å². The number of hydrogen-bond donors (Lipinski definition) is 1. The van der Waals surface area contributed by atoms with Gasteiger partial charge in [0.25, 0.3) is 0 Å². The summed E-state index contributed by atoms with van der Waals surface area (Å²) < 4.78 is 19.0. The van der Waals surface area contributed by atoms with Gasteiger partial charge in [-0.1, -0.05) is 0 Å². The van der Waals surface area contributed by atoms with Gasteiger partial charge in [-0.3, -0.25) is 0 Å². The zero-order valence-electron chi connectivity index (χ0n) is 11.2. The number of rotatable bonds is 2. The molecule has 0 bridgehead atoms. The van der Waals surface area contributed by atoms with Crippen LogP contribution < -0.4 is 10.6 Å². The minimum absolute atomic E-state index is 0.180. The maximum absolute atomic E-state index is 13.3. The van der Waals surface area contributed by atoms with Crippen LogP contribution in [0.5, 0.6) is 0 Å². The molecule has 4 heteroatoms. The van der Waals surface area contributed by atoms with Gasteiger partial charge in [0, 0.05) is 24.3 Å². The first-order valence-corrected chi connectivity index (χ1v) is 6.42. The number of ether oxygens (including phenoxy) is 1. The summed E-state index contributed by atoms with van der Waals surface area (Å²) in [6.07, 6.45) is 0.187. The van der Waals surface area contributed by atoms with Crippen LogP contribution in [0.4, 0.5) is 10.1 Å². The summed E-state index contributed by atoms with van der Waals surface area (Å²) in [6, 6.07) is 4.95. The third-order valence-electron chi connectivity index (χ3n) is 3.40. The highest BCUT2D eigenvalue weighted by molar-refractivity contribution is 5.56. The molecule has 0 amide bonds. The lowest BCUT2D eigenvalue weighted by Crippen LogP contribution is -2.48. The predicted molar refractivity (Wildman–Crippen MR) is 71.2 cm³/mol. The van der Waals surface area contributed by atoms with Crippen molar-refractivity contribution >= 4 is 5.69 Å². The fourth-order valence-electron chi connectivity index (χ4n) is 2.39. The van der Waals surface area contributed by atoms with E-state index >= 15 is 0 Å². The third kappa shape index (κ3) is 2.65. The highest BCUT2D eigenvalue weighted by Crippen LogP contribution is 2.29. The first-order valence-electron chi connectivity index (χ1n) is 6.42. The number of anilines is 1. The third-order valence-corrected chi connectivity index (χ3v) is 3.40. The first-order chi connectivity index (χ1) is 8.49. The number of nitrogens with two attached hydrogens (primary N) is 1. The van der Waals surface area contributed by atoms with Gasteiger partial charge < -0.3 is 15.4 Å². The fraction of sp³-hybridized carbons (Fsp3) is 0.571. The molecule has 0 saturated carbocycles. The Morgan fingerprint density at radius 2 is 2.17 bits per heavy atom. The number of nitrogens with zero attached hydrogens (tertiary/aromatic N) is 1. The van der Waals surface area contributed by atoms with E-state index in [0.29, 0.717) is 6.61 Å². The Balaban J connectivity index is 2.36. The van der Waals surface area contributed by atoms with Gasteiger partial charge in [-0.2, -0.15) is 0 Å². The number of hydrogen-bond acceptors (Lipinski definition) is 3. The predicted octanol–water partition coefficient (Wildman–Crippen LogP) is 2.46. The van der Waals surface area contributed by atoms with Crippen molar-refractivity contribution in [3.8, 4) is 0 Å². The Hall–Kier alpha value is -1.13. The fourth-order valence-corrected chi connectivity index (χ4v) is 2.39. The molecule has 0 aliphatic carbocycles. The number of halogens is 1. The molecule has 0 spiro atoms. The molecule has 1 heterocycles. The summed E-state index contributed by atoms with van der Waals surface area (Å²) in [5.41, 5.74) is 7.83. The number of morpholine rings is 1. The van der Waals surface area contributed by atoms with E-state index in [1.165, 1.54) is 12.1 Å². The van der Waals surface area contributed by atoms with Gasteiger partial charge in [-0.15, -0.1) is 0 Å². The highest BCUT2D eigenvalue weighted by atomic mass is 19.1. The van der Waals surface area contributed by atoms with Gasteiger partial charge in [0.2, 0.25) is 0 Å². The Labute approximate surface area is 108 Å². The molecule has 3 unspecified atom stereocenters. The van der Waals surface area contributed by atoms with Crippen molar-refractivity contribution in [2.24, 2.45) is 5.73 Å². The van der Waals surface area contributed by atoms with E-state index in [2.05, 4.69) is 11.8 Å². The van der Waals surface area contributed by atoms with E-state index in [-0.39, 0.29) is 24.0 Å². The maximum Gasteiger partial charge on any atom is 0.123 e. The van der Waals surface area contributed by atoms with Crippen LogP contribution in [0.2, 0.25) is 0 Å². The lowest BCUT2D eigenvalue weighted by atomic mass is 10.0. The highest BCUT2D eigenvalue weighted by Gasteiger charge is 2.26. The molecule has 0 radical (unpaired) electrons. The molecule has 1 aliphatic heterocycles. The standard InChI is InChI=1S/C14H21FN2O/c1-9-8-18-10(2)7-17(9)14-5-4-12(15)6-13(14)11(3)16/h4-6,9-11H,7-8,16H2,1-3H3.